The molecule has 6 nitrogen and oxygen atoms in total. The second-order valence-corrected chi connectivity index (χ2v) is 7.23. The summed E-state index contributed by atoms with van der Waals surface area (Å²) in [6.07, 6.45) is 0. The van der Waals surface area contributed by atoms with Gasteiger partial charge in [-0.3, -0.25) is 0 Å². The maximum Gasteiger partial charge on any atom is 0.240 e. The van der Waals surface area contributed by atoms with Crippen LogP contribution < -0.4 is 0 Å². The van der Waals surface area contributed by atoms with Gasteiger partial charge in [-0.05, 0) is 17.7 Å². The molecule has 0 spiro atoms. The van der Waals surface area contributed by atoms with Gasteiger partial charge < -0.3 is 0 Å². The molecule has 0 aromatic rings. The summed E-state index contributed by atoms with van der Waals surface area (Å²) < 4.78 is 46.2. The molecule has 0 unspecified atom stereocenters. The van der Waals surface area contributed by atoms with Crippen LogP contribution in [0.3, 0.4) is 0 Å². The van der Waals surface area contributed by atoms with Crippen molar-refractivity contribution in [1.29, 1.82) is 0 Å². The van der Waals surface area contributed by atoms with Crippen LogP contribution in [-0.2, 0) is 20.0 Å². The second kappa shape index (κ2) is 4.56. The number of hydrogen-bond acceptors (Lipinski definition) is 5. The Hall–Kier alpha value is -0.180. The van der Waals surface area contributed by atoms with Gasteiger partial charge in [0, 0.05) is 14.1 Å². The Balaban J connectivity index is 5.42. The van der Waals surface area contributed by atoms with Crippen molar-refractivity contribution >= 4 is 20.0 Å². The highest BCUT2D eigenvalue weighted by molar-refractivity contribution is 8.03. The molecule has 86 valence electrons. The molecule has 8 heteroatoms. The van der Waals surface area contributed by atoms with Gasteiger partial charge >= 0.3 is 0 Å². The molecule has 0 bridgehead atoms. The van der Waals surface area contributed by atoms with Gasteiger partial charge in [-0.15, -0.1) is 0 Å². The quantitative estimate of drug-likeness (QED) is 0.607. The van der Waals surface area contributed by atoms with Crippen molar-refractivity contribution in [2.45, 2.75) is 13.8 Å². The molecule has 0 aromatic heterocycles. The molecule has 0 aliphatic heterocycles. The number of hydrazine groups is 1. The highest BCUT2D eigenvalue weighted by atomic mass is 32.3. The topological polar surface area (TPSA) is 74.8 Å². The first-order valence-corrected chi connectivity index (χ1v) is 7.34. The Bertz CT molecular complexity index is 337. The fourth-order valence-corrected chi connectivity index (χ4v) is 4.35. The fraction of sp³-hybridized carbons (Fsp3) is 1.00. The zero-order valence-electron chi connectivity index (χ0n) is 8.76. The Labute approximate surface area is 85.6 Å². The van der Waals surface area contributed by atoms with Crippen LogP contribution in [0.1, 0.15) is 13.8 Å². The van der Waals surface area contributed by atoms with Crippen molar-refractivity contribution in [3.63, 3.8) is 0 Å². The van der Waals surface area contributed by atoms with Gasteiger partial charge in [-0.25, -0.2) is 21.8 Å². The largest absolute Gasteiger partial charge is 0.240 e. The zero-order valence-corrected chi connectivity index (χ0v) is 10.4. The van der Waals surface area contributed by atoms with Gasteiger partial charge in [-0.1, -0.05) is 0 Å². The lowest BCUT2D eigenvalue weighted by atomic mass is 11.0. The van der Waals surface area contributed by atoms with Crippen LogP contribution in [0.25, 0.3) is 0 Å². The number of rotatable bonds is 5. The van der Waals surface area contributed by atoms with E-state index < -0.39 is 20.0 Å². The van der Waals surface area contributed by atoms with E-state index in [-0.39, 0.29) is 11.5 Å². The minimum Gasteiger partial charge on any atom is -0.220 e. The Morgan fingerprint density at radius 2 is 1.14 bits per heavy atom. The summed E-state index contributed by atoms with van der Waals surface area (Å²) >= 11 is 0. The van der Waals surface area contributed by atoms with Gasteiger partial charge in [0.25, 0.3) is 0 Å². The maximum absolute atomic E-state index is 11.5. The molecule has 0 heterocycles. The lowest BCUT2D eigenvalue weighted by molar-refractivity contribution is 0.222. The average molecular weight is 244 g/mol. The molecule has 14 heavy (non-hydrogen) atoms. The lowest BCUT2D eigenvalue weighted by Crippen LogP contribution is -2.47. The molecule has 0 amide bonds. The van der Waals surface area contributed by atoms with Crippen LogP contribution in [-0.4, -0.2) is 51.3 Å². The summed E-state index contributed by atoms with van der Waals surface area (Å²) in [6, 6.07) is 0. The molecular formula is C6H16N2O4S2. The van der Waals surface area contributed by atoms with Crippen LogP contribution in [0.2, 0.25) is 0 Å². The molecule has 0 atom stereocenters. The molecule has 0 saturated heterocycles. The second-order valence-electron chi connectivity index (χ2n) is 2.83. The van der Waals surface area contributed by atoms with Gasteiger partial charge in [-0.2, -0.15) is 0 Å². The third-order valence-electron chi connectivity index (χ3n) is 1.53. The minimum atomic E-state index is -3.76. The minimum absolute atomic E-state index is 0.246. The van der Waals surface area contributed by atoms with Crippen molar-refractivity contribution in [3.8, 4) is 0 Å². The first kappa shape index (κ1) is 13.8. The number of sulfonamides is 2. The van der Waals surface area contributed by atoms with E-state index in [1.165, 1.54) is 27.9 Å². The summed E-state index contributed by atoms with van der Waals surface area (Å²) in [7, 11) is -4.77. The SMILES string of the molecule is CCS(=O)(=O)N(N(C)C)S(=O)(=O)CC. The normalized spacial score (nSPS) is 13.9. The van der Waals surface area contributed by atoms with E-state index in [1.54, 1.807) is 0 Å². The van der Waals surface area contributed by atoms with Crippen LogP contribution in [0.5, 0.6) is 0 Å². The molecule has 0 saturated carbocycles. The van der Waals surface area contributed by atoms with Gasteiger partial charge in [0.05, 0.1) is 11.5 Å². The summed E-state index contributed by atoms with van der Waals surface area (Å²) in [5.41, 5.74) is 0. The summed E-state index contributed by atoms with van der Waals surface area (Å²) in [4.78, 5) is 0. The first-order valence-electron chi connectivity index (χ1n) is 4.12. The van der Waals surface area contributed by atoms with Crippen LogP contribution in [0.15, 0.2) is 0 Å². The molecule has 0 fully saturated rings. The predicted octanol–water partition coefficient (Wildman–Crippen LogP) is -0.536. The summed E-state index contributed by atoms with van der Waals surface area (Å²) in [5, 5.41) is 1.05. The van der Waals surface area contributed by atoms with Gasteiger partial charge in [0.15, 0.2) is 0 Å². The van der Waals surface area contributed by atoms with Crippen molar-refractivity contribution < 1.29 is 16.8 Å². The van der Waals surface area contributed by atoms with Gasteiger partial charge in [0.2, 0.25) is 20.0 Å². The van der Waals surface area contributed by atoms with Crippen molar-refractivity contribution in [3.05, 3.63) is 0 Å². The molecule has 0 N–H and O–H groups in total. The van der Waals surface area contributed by atoms with Crippen molar-refractivity contribution in [2.24, 2.45) is 0 Å². The van der Waals surface area contributed by atoms with Crippen LogP contribution in [0.4, 0.5) is 0 Å². The molecule has 0 aliphatic rings. The van der Waals surface area contributed by atoms with E-state index in [4.69, 9.17) is 0 Å². The smallest absolute Gasteiger partial charge is 0.220 e. The Kier molecular flexibility index (Phi) is 4.50. The molecular weight excluding hydrogens is 228 g/mol. The third kappa shape index (κ3) is 2.91. The molecule has 0 aliphatic carbocycles. The van der Waals surface area contributed by atoms with Crippen LogP contribution in [0, 0.1) is 0 Å². The van der Waals surface area contributed by atoms with E-state index >= 15 is 0 Å². The lowest BCUT2D eigenvalue weighted by Gasteiger charge is -2.25. The first-order chi connectivity index (χ1) is 6.19. The molecule has 0 aromatic carbocycles. The maximum atomic E-state index is 11.5. The van der Waals surface area contributed by atoms with E-state index in [2.05, 4.69) is 0 Å². The Morgan fingerprint density at radius 1 is 0.857 bits per heavy atom. The monoisotopic (exact) mass is 244 g/mol. The number of hydrogen-bond donors (Lipinski definition) is 0. The Morgan fingerprint density at radius 3 is 1.29 bits per heavy atom. The number of nitrogens with zero attached hydrogens (tertiary/aromatic N) is 2. The molecule has 0 radical (unpaired) electrons. The van der Waals surface area contributed by atoms with Gasteiger partial charge in [0.1, 0.15) is 0 Å². The highest BCUT2D eigenvalue weighted by Crippen LogP contribution is 2.10. The molecule has 0 rings (SSSR count). The van der Waals surface area contributed by atoms with E-state index in [0.717, 1.165) is 5.01 Å². The van der Waals surface area contributed by atoms with E-state index in [9.17, 15) is 16.8 Å². The standard InChI is InChI=1S/C6H16N2O4S2/c1-5-13(9,10)8(7(3)4)14(11,12)6-2/h5-6H2,1-4H3. The van der Waals surface area contributed by atoms with Crippen molar-refractivity contribution in [1.82, 2.24) is 8.83 Å². The average Bonchev–Trinajstić information content (AvgIpc) is 2.02. The van der Waals surface area contributed by atoms with Crippen LogP contribution >= 0.6 is 0 Å². The zero-order chi connectivity index (χ0) is 11.6. The summed E-state index contributed by atoms with van der Waals surface area (Å²) in [6.45, 7) is 2.80. The predicted molar refractivity (Wildman–Crippen MR) is 54.4 cm³/mol. The fourth-order valence-electron chi connectivity index (χ4n) is 0.892. The summed E-state index contributed by atoms with van der Waals surface area (Å²) in [5.74, 6) is -0.491. The van der Waals surface area contributed by atoms with E-state index in [1.807, 2.05) is 0 Å². The highest BCUT2D eigenvalue weighted by Gasteiger charge is 2.33. The van der Waals surface area contributed by atoms with Crippen molar-refractivity contribution in [2.75, 3.05) is 25.6 Å². The third-order valence-corrected chi connectivity index (χ3v) is 5.96. The van der Waals surface area contributed by atoms with E-state index in [0.29, 0.717) is 3.82 Å².